The normalized spacial score (nSPS) is 10.6. The number of hydrogen-bond donors (Lipinski definition) is 1. The van der Waals surface area contributed by atoms with Gasteiger partial charge in [0.25, 0.3) is 11.6 Å². The van der Waals surface area contributed by atoms with Gasteiger partial charge in [0.1, 0.15) is 10.8 Å². The Bertz CT molecular complexity index is 1040. The number of amides is 1. The maximum Gasteiger partial charge on any atom is 0.273 e. The van der Waals surface area contributed by atoms with Gasteiger partial charge in [-0.1, -0.05) is 29.8 Å². The molecular formula is C18H14ClFN4O3. The average molecular weight is 389 g/mol. The topological polar surface area (TPSA) is 90.1 Å². The SMILES string of the molecule is Cc1ccc(C(=O)Nc2nn(Cc3cccc(F)c3)cc2Cl)cc1[N+](=O)[O-]. The van der Waals surface area contributed by atoms with E-state index < -0.39 is 10.8 Å². The van der Waals surface area contributed by atoms with E-state index >= 15 is 0 Å². The molecule has 3 rings (SSSR count). The summed E-state index contributed by atoms with van der Waals surface area (Å²) >= 11 is 6.10. The van der Waals surface area contributed by atoms with E-state index in [9.17, 15) is 19.3 Å². The third-order valence-corrected chi connectivity index (χ3v) is 4.13. The molecule has 9 heteroatoms. The molecule has 0 spiro atoms. The van der Waals surface area contributed by atoms with Crippen LogP contribution < -0.4 is 5.32 Å². The molecule has 0 aliphatic carbocycles. The molecule has 2 aromatic carbocycles. The molecule has 1 amide bonds. The van der Waals surface area contributed by atoms with Crippen LogP contribution in [0.4, 0.5) is 15.9 Å². The number of aryl methyl sites for hydroxylation is 1. The highest BCUT2D eigenvalue weighted by Gasteiger charge is 2.17. The Morgan fingerprint density at radius 2 is 2.11 bits per heavy atom. The highest BCUT2D eigenvalue weighted by molar-refractivity contribution is 6.33. The highest BCUT2D eigenvalue weighted by Crippen LogP contribution is 2.23. The van der Waals surface area contributed by atoms with Crippen molar-refractivity contribution >= 4 is 29.0 Å². The molecule has 0 aliphatic rings. The molecule has 138 valence electrons. The summed E-state index contributed by atoms with van der Waals surface area (Å²) in [6.07, 6.45) is 1.50. The van der Waals surface area contributed by atoms with Crippen LogP contribution in [-0.4, -0.2) is 20.6 Å². The number of carbonyl (C=O) groups excluding carboxylic acids is 1. The van der Waals surface area contributed by atoms with Gasteiger partial charge < -0.3 is 5.32 Å². The fourth-order valence-corrected chi connectivity index (χ4v) is 2.71. The van der Waals surface area contributed by atoms with Crippen LogP contribution in [0.5, 0.6) is 0 Å². The smallest absolute Gasteiger partial charge is 0.273 e. The Morgan fingerprint density at radius 3 is 2.81 bits per heavy atom. The standard InChI is InChI=1S/C18H14ClFN4O3/c1-11-5-6-13(8-16(11)24(26)27)18(25)21-17-15(19)10-23(22-17)9-12-3-2-4-14(20)7-12/h2-8,10H,9H2,1H3,(H,21,22,25). The molecule has 0 bridgehead atoms. The van der Waals surface area contributed by atoms with E-state index in [1.807, 2.05) is 0 Å². The zero-order valence-corrected chi connectivity index (χ0v) is 14.9. The van der Waals surface area contributed by atoms with E-state index in [4.69, 9.17) is 11.6 Å². The number of nitro groups is 1. The van der Waals surface area contributed by atoms with E-state index in [2.05, 4.69) is 10.4 Å². The van der Waals surface area contributed by atoms with Crippen molar-refractivity contribution in [3.63, 3.8) is 0 Å². The maximum atomic E-state index is 13.3. The number of anilines is 1. The Morgan fingerprint density at radius 1 is 1.33 bits per heavy atom. The van der Waals surface area contributed by atoms with Gasteiger partial charge in [-0.05, 0) is 30.7 Å². The first-order valence-electron chi connectivity index (χ1n) is 7.87. The summed E-state index contributed by atoms with van der Waals surface area (Å²) in [5, 5.41) is 17.9. The molecule has 7 nitrogen and oxygen atoms in total. The zero-order chi connectivity index (χ0) is 19.6. The van der Waals surface area contributed by atoms with E-state index in [1.54, 1.807) is 19.1 Å². The predicted molar refractivity (Wildman–Crippen MR) is 98.5 cm³/mol. The van der Waals surface area contributed by atoms with Gasteiger partial charge in [0.2, 0.25) is 0 Å². The number of aromatic nitrogens is 2. The van der Waals surface area contributed by atoms with Gasteiger partial charge in [0.05, 0.1) is 11.5 Å². The number of nitro benzene ring substituents is 1. The van der Waals surface area contributed by atoms with Gasteiger partial charge in [-0.3, -0.25) is 19.6 Å². The molecule has 27 heavy (non-hydrogen) atoms. The lowest BCUT2D eigenvalue weighted by molar-refractivity contribution is -0.385. The van der Waals surface area contributed by atoms with Gasteiger partial charge >= 0.3 is 0 Å². The van der Waals surface area contributed by atoms with Crippen LogP contribution in [0.1, 0.15) is 21.5 Å². The van der Waals surface area contributed by atoms with E-state index in [1.165, 1.54) is 41.2 Å². The molecule has 0 fully saturated rings. The minimum absolute atomic E-state index is 0.112. The minimum atomic E-state index is -0.573. The van der Waals surface area contributed by atoms with Crippen LogP contribution in [0.15, 0.2) is 48.7 Å². The first-order chi connectivity index (χ1) is 12.8. The molecule has 3 aromatic rings. The molecule has 0 saturated heterocycles. The second-order valence-electron chi connectivity index (χ2n) is 5.87. The number of carbonyl (C=O) groups is 1. The molecule has 0 radical (unpaired) electrons. The third-order valence-electron chi connectivity index (χ3n) is 3.85. The summed E-state index contributed by atoms with van der Waals surface area (Å²) in [5.74, 6) is -0.822. The summed E-state index contributed by atoms with van der Waals surface area (Å²) in [7, 11) is 0. The summed E-state index contributed by atoms with van der Waals surface area (Å²) < 4.78 is 14.7. The van der Waals surface area contributed by atoms with Crippen molar-refractivity contribution in [1.82, 2.24) is 9.78 Å². The Labute approximate surface area is 158 Å². The van der Waals surface area contributed by atoms with Crippen molar-refractivity contribution in [2.75, 3.05) is 5.32 Å². The number of nitrogens with zero attached hydrogens (tertiary/aromatic N) is 3. The molecule has 1 N–H and O–H groups in total. The van der Waals surface area contributed by atoms with Crippen LogP contribution in [-0.2, 0) is 6.54 Å². The minimum Gasteiger partial charge on any atom is -0.304 e. The lowest BCUT2D eigenvalue weighted by Crippen LogP contribution is -2.13. The van der Waals surface area contributed by atoms with Crippen molar-refractivity contribution < 1.29 is 14.1 Å². The van der Waals surface area contributed by atoms with Gasteiger partial charge in [-0.25, -0.2) is 4.39 Å². The van der Waals surface area contributed by atoms with Gasteiger partial charge in [0.15, 0.2) is 5.82 Å². The van der Waals surface area contributed by atoms with Crippen molar-refractivity contribution in [3.8, 4) is 0 Å². The fraction of sp³-hybridized carbons (Fsp3) is 0.111. The van der Waals surface area contributed by atoms with E-state index in [0.29, 0.717) is 11.1 Å². The summed E-state index contributed by atoms with van der Waals surface area (Å²) in [6.45, 7) is 1.86. The average Bonchev–Trinajstić information content (AvgIpc) is 2.94. The van der Waals surface area contributed by atoms with Gasteiger partial charge in [0, 0.05) is 23.4 Å². The summed E-state index contributed by atoms with van der Waals surface area (Å²) in [5.41, 5.74) is 1.10. The van der Waals surface area contributed by atoms with Crippen molar-refractivity contribution in [3.05, 3.63) is 86.3 Å². The second kappa shape index (κ2) is 7.55. The fourth-order valence-electron chi connectivity index (χ4n) is 2.51. The largest absolute Gasteiger partial charge is 0.304 e. The van der Waals surface area contributed by atoms with Crippen molar-refractivity contribution in [1.29, 1.82) is 0 Å². The van der Waals surface area contributed by atoms with Crippen LogP contribution >= 0.6 is 11.6 Å². The number of rotatable bonds is 5. The zero-order valence-electron chi connectivity index (χ0n) is 14.1. The first kappa shape index (κ1) is 18.5. The molecule has 0 atom stereocenters. The molecule has 1 aromatic heterocycles. The summed E-state index contributed by atoms with van der Waals surface area (Å²) in [4.78, 5) is 22.8. The molecule has 0 saturated carbocycles. The van der Waals surface area contributed by atoms with Gasteiger partial charge in [-0.2, -0.15) is 5.10 Å². The molecule has 0 unspecified atom stereocenters. The predicted octanol–water partition coefficient (Wildman–Crippen LogP) is 4.19. The molecule has 0 aliphatic heterocycles. The Balaban J connectivity index is 1.78. The van der Waals surface area contributed by atoms with Crippen LogP contribution in [0.2, 0.25) is 5.02 Å². The number of hydrogen-bond acceptors (Lipinski definition) is 4. The molecule has 1 heterocycles. The quantitative estimate of drug-likeness (QED) is 0.524. The Kier molecular flexibility index (Phi) is 5.18. The monoisotopic (exact) mass is 388 g/mol. The first-order valence-corrected chi connectivity index (χ1v) is 8.25. The van der Waals surface area contributed by atoms with Crippen LogP contribution in [0.3, 0.4) is 0 Å². The Hall–Kier alpha value is -3.26. The summed E-state index contributed by atoms with van der Waals surface area (Å²) in [6, 6.07) is 10.2. The highest BCUT2D eigenvalue weighted by atomic mass is 35.5. The lowest BCUT2D eigenvalue weighted by atomic mass is 10.1. The maximum absolute atomic E-state index is 13.3. The van der Waals surface area contributed by atoms with Crippen molar-refractivity contribution in [2.24, 2.45) is 0 Å². The molecular weight excluding hydrogens is 375 g/mol. The van der Waals surface area contributed by atoms with Crippen LogP contribution in [0.25, 0.3) is 0 Å². The second-order valence-corrected chi connectivity index (χ2v) is 6.27. The number of nitrogens with one attached hydrogen (secondary N) is 1. The van der Waals surface area contributed by atoms with Crippen molar-refractivity contribution in [2.45, 2.75) is 13.5 Å². The number of benzene rings is 2. The van der Waals surface area contributed by atoms with E-state index in [-0.39, 0.29) is 34.5 Å². The number of halogens is 2. The van der Waals surface area contributed by atoms with Crippen LogP contribution in [0, 0.1) is 22.9 Å². The van der Waals surface area contributed by atoms with Gasteiger partial charge in [-0.15, -0.1) is 0 Å². The van der Waals surface area contributed by atoms with E-state index in [0.717, 1.165) is 0 Å². The lowest BCUT2D eigenvalue weighted by Gasteiger charge is -2.04. The third kappa shape index (κ3) is 4.29.